The molecule has 148 valence electrons. The third-order valence-electron chi connectivity index (χ3n) is 4.74. The zero-order chi connectivity index (χ0) is 20.4. The van der Waals surface area contributed by atoms with Gasteiger partial charge in [0.25, 0.3) is 11.4 Å². The van der Waals surface area contributed by atoms with E-state index in [1.807, 2.05) is 24.3 Å². The molecule has 0 saturated carbocycles. The molecule has 29 heavy (non-hydrogen) atoms. The van der Waals surface area contributed by atoms with Crippen molar-refractivity contribution in [2.45, 2.75) is 32.7 Å². The molecule has 0 aliphatic heterocycles. The third-order valence-corrected chi connectivity index (χ3v) is 5.27. The molecular formula is C21H19BrN4O3. The van der Waals surface area contributed by atoms with Crippen LogP contribution in [0.3, 0.4) is 0 Å². The number of halogens is 1. The highest BCUT2D eigenvalue weighted by Crippen LogP contribution is 2.24. The minimum atomic E-state index is -0.406. The lowest BCUT2D eigenvalue weighted by atomic mass is 10.1. The van der Waals surface area contributed by atoms with E-state index in [-0.39, 0.29) is 5.56 Å². The highest BCUT2D eigenvalue weighted by Gasteiger charge is 2.13. The van der Waals surface area contributed by atoms with Gasteiger partial charge in [-0.05, 0) is 48.9 Å². The first-order chi connectivity index (χ1) is 14.1. The van der Waals surface area contributed by atoms with E-state index >= 15 is 0 Å². The number of hydrogen-bond acceptors (Lipinski definition) is 5. The van der Waals surface area contributed by atoms with E-state index in [9.17, 15) is 9.59 Å². The highest BCUT2D eigenvalue weighted by molar-refractivity contribution is 9.10. The zero-order valence-corrected chi connectivity index (χ0v) is 17.4. The summed E-state index contributed by atoms with van der Waals surface area (Å²) in [7, 11) is 0. The first-order valence-electron chi connectivity index (χ1n) is 9.43. The van der Waals surface area contributed by atoms with Gasteiger partial charge in [-0.1, -0.05) is 40.9 Å². The van der Waals surface area contributed by atoms with Gasteiger partial charge in [-0.15, -0.1) is 0 Å². The molecule has 2 aromatic heterocycles. The number of aromatic nitrogens is 4. The Bertz CT molecular complexity index is 1270. The summed E-state index contributed by atoms with van der Waals surface area (Å²) in [6.07, 6.45) is 2.79. The second kappa shape index (κ2) is 8.16. The lowest BCUT2D eigenvalue weighted by molar-refractivity contribution is 0.432. The van der Waals surface area contributed by atoms with Crippen LogP contribution in [0.4, 0.5) is 0 Å². The van der Waals surface area contributed by atoms with Gasteiger partial charge >= 0.3 is 5.69 Å². The van der Waals surface area contributed by atoms with Crippen molar-refractivity contribution in [3.63, 3.8) is 0 Å². The number of fused-ring (bicyclic) bond motifs is 1. The zero-order valence-electron chi connectivity index (χ0n) is 15.8. The summed E-state index contributed by atoms with van der Waals surface area (Å²) in [5.74, 6) is 0.783. The number of H-pyrrole nitrogens is 1. The van der Waals surface area contributed by atoms with Crippen molar-refractivity contribution >= 4 is 26.8 Å². The van der Waals surface area contributed by atoms with Gasteiger partial charge in [-0.2, -0.15) is 4.98 Å². The van der Waals surface area contributed by atoms with Crippen LogP contribution < -0.4 is 11.2 Å². The van der Waals surface area contributed by atoms with Crippen molar-refractivity contribution in [3.8, 4) is 22.8 Å². The molecule has 0 atom stereocenters. The summed E-state index contributed by atoms with van der Waals surface area (Å²) < 4.78 is 7.61. The number of nitrogens with zero attached hydrogens (tertiary/aromatic N) is 3. The molecule has 0 unspecified atom stereocenters. The molecule has 8 heteroatoms. The maximum Gasteiger partial charge on any atom is 0.328 e. The summed E-state index contributed by atoms with van der Waals surface area (Å²) in [5.41, 5.74) is 1.22. The molecule has 1 N–H and O–H groups in total. The minimum Gasteiger partial charge on any atom is -0.334 e. The van der Waals surface area contributed by atoms with Gasteiger partial charge in [0.05, 0.1) is 10.9 Å². The summed E-state index contributed by atoms with van der Waals surface area (Å²) >= 11 is 3.40. The van der Waals surface area contributed by atoms with E-state index in [0.717, 1.165) is 29.3 Å². The predicted molar refractivity (Wildman–Crippen MR) is 115 cm³/mol. The standard InChI is InChI=1S/C21H19BrN4O3/c1-2-3-4-11-26-20(27)16-10-7-14(12-17(16)23-21(26)28)19-24-18(25-29-19)13-5-8-15(22)9-6-13/h5-10,12H,2-4,11H2,1H3,(H,23,28). The van der Waals surface area contributed by atoms with Gasteiger partial charge in [0, 0.05) is 22.1 Å². The topological polar surface area (TPSA) is 93.8 Å². The SMILES string of the molecule is CCCCCn1c(=O)[nH]c2cc(-c3nc(-c4ccc(Br)cc4)no3)ccc2c1=O. The lowest BCUT2D eigenvalue weighted by Gasteiger charge is -2.06. The molecule has 0 fully saturated rings. The molecule has 2 aromatic carbocycles. The van der Waals surface area contributed by atoms with Crippen molar-refractivity contribution in [1.29, 1.82) is 0 Å². The monoisotopic (exact) mass is 454 g/mol. The number of aromatic amines is 1. The first kappa shape index (κ1) is 19.3. The van der Waals surface area contributed by atoms with E-state index in [1.54, 1.807) is 18.2 Å². The van der Waals surface area contributed by atoms with E-state index in [0.29, 0.717) is 34.7 Å². The van der Waals surface area contributed by atoms with E-state index < -0.39 is 5.69 Å². The predicted octanol–water partition coefficient (Wildman–Crippen LogP) is 4.36. The fraction of sp³-hybridized carbons (Fsp3) is 0.238. The van der Waals surface area contributed by atoms with Crippen molar-refractivity contribution in [1.82, 2.24) is 19.7 Å². The second-order valence-electron chi connectivity index (χ2n) is 6.78. The Balaban J connectivity index is 1.69. The van der Waals surface area contributed by atoms with Crippen LogP contribution in [0.25, 0.3) is 33.7 Å². The number of benzene rings is 2. The van der Waals surface area contributed by atoms with Crippen molar-refractivity contribution in [2.24, 2.45) is 0 Å². The Morgan fingerprint density at radius 3 is 2.59 bits per heavy atom. The molecule has 4 rings (SSSR count). The Morgan fingerprint density at radius 1 is 1.07 bits per heavy atom. The maximum absolute atomic E-state index is 12.7. The molecule has 0 spiro atoms. The van der Waals surface area contributed by atoms with Gasteiger partial charge < -0.3 is 9.51 Å². The van der Waals surface area contributed by atoms with Gasteiger partial charge in [0.15, 0.2) is 0 Å². The molecule has 2 heterocycles. The van der Waals surface area contributed by atoms with Crippen molar-refractivity contribution in [2.75, 3.05) is 0 Å². The summed E-state index contributed by atoms with van der Waals surface area (Å²) in [6.45, 7) is 2.49. The van der Waals surface area contributed by atoms with Crippen LogP contribution in [0.1, 0.15) is 26.2 Å². The molecule has 0 radical (unpaired) electrons. The summed E-state index contributed by atoms with van der Waals surface area (Å²) in [6, 6.07) is 12.7. The van der Waals surface area contributed by atoms with E-state index in [1.165, 1.54) is 4.57 Å². The molecule has 0 aliphatic rings. The molecule has 0 amide bonds. The molecule has 0 aliphatic carbocycles. The molecule has 0 bridgehead atoms. The normalized spacial score (nSPS) is 11.2. The van der Waals surface area contributed by atoms with E-state index in [2.05, 4.69) is 38.0 Å². The smallest absolute Gasteiger partial charge is 0.328 e. The Labute approximate surface area is 174 Å². The summed E-state index contributed by atoms with van der Waals surface area (Å²) in [4.78, 5) is 32.3. The Hall–Kier alpha value is -3.00. The van der Waals surface area contributed by atoms with Gasteiger partial charge in [0.1, 0.15) is 0 Å². The maximum atomic E-state index is 12.7. The summed E-state index contributed by atoms with van der Waals surface area (Å²) in [5, 5.41) is 4.48. The molecule has 7 nitrogen and oxygen atoms in total. The van der Waals surface area contributed by atoms with E-state index in [4.69, 9.17) is 4.52 Å². The van der Waals surface area contributed by atoms with Crippen LogP contribution in [0.2, 0.25) is 0 Å². The van der Waals surface area contributed by atoms with Crippen LogP contribution >= 0.6 is 15.9 Å². The van der Waals surface area contributed by atoms with Crippen LogP contribution in [0.15, 0.2) is 61.0 Å². The average molecular weight is 455 g/mol. The van der Waals surface area contributed by atoms with Crippen molar-refractivity contribution in [3.05, 3.63) is 67.8 Å². The third kappa shape index (κ3) is 3.93. The Kier molecular flexibility index (Phi) is 5.44. The van der Waals surface area contributed by atoms with Gasteiger partial charge in [-0.3, -0.25) is 9.36 Å². The fourth-order valence-electron chi connectivity index (χ4n) is 3.17. The largest absolute Gasteiger partial charge is 0.334 e. The number of unbranched alkanes of at least 4 members (excludes halogenated alkanes) is 2. The average Bonchev–Trinajstić information content (AvgIpc) is 3.21. The van der Waals surface area contributed by atoms with Crippen LogP contribution in [0, 0.1) is 0 Å². The van der Waals surface area contributed by atoms with Crippen LogP contribution in [0.5, 0.6) is 0 Å². The fourth-order valence-corrected chi connectivity index (χ4v) is 3.43. The first-order valence-corrected chi connectivity index (χ1v) is 10.2. The van der Waals surface area contributed by atoms with Crippen molar-refractivity contribution < 1.29 is 4.52 Å². The molecule has 4 aromatic rings. The highest BCUT2D eigenvalue weighted by atomic mass is 79.9. The van der Waals surface area contributed by atoms with Crippen LogP contribution in [-0.4, -0.2) is 19.7 Å². The molecular weight excluding hydrogens is 436 g/mol. The second-order valence-corrected chi connectivity index (χ2v) is 7.70. The number of rotatable bonds is 6. The quantitative estimate of drug-likeness (QED) is 0.436. The lowest BCUT2D eigenvalue weighted by Crippen LogP contribution is -2.35. The molecule has 0 saturated heterocycles. The van der Waals surface area contributed by atoms with Gasteiger partial charge in [0.2, 0.25) is 5.82 Å². The number of nitrogens with one attached hydrogen (secondary N) is 1. The van der Waals surface area contributed by atoms with Gasteiger partial charge in [-0.25, -0.2) is 4.79 Å². The van der Waals surface area contributed by atoms with Crippen LogP contribution in [-0.2, 0) is 6.54 Å². The number of hydrogen-bond donors (Lipinski definition) is 1. The Morgan fingerprint density at radius 2 is 1.83 bits per heavy atom. The minimum absolute atomic E-state index is 0.285.